The van der Waals surface area contributed by atoms with Gasteiger partial charge in [-0.1, -0.05) is 35.4 Å². The minimum absolute atomic E-state index is 0.0378. The van der Waals surface area contributed by atoms with Crippen LogP contribution in [0.1, 0.15) is 12.0 Å². The highest BCUT2D eigenvalue weighted by Crippen LogP contribution is 2.55. The predicted molar refractivity (Wildman–Crippen MR) is 61.1 cm³/mol. The second kappa shape index (κ2) is 4.16. The van der Waals surface area contributed by atoms with Gasteiger partial charge >= 0.3 is 0 Å². The molecule has 82 valence electrons. The normalized spacial score (nSPS) is 26.9. The Labute approximate surface area is 97.8 Å². The molecule has 0 spiro atoms. The standard InChI is InChI=1S/C11H10ClN3O/c12-10(16)11(6-9(11)7-14-15-13)8-4-2-1-3-5-8/h1-5,9H,6-7H2/t9-,11+/m0/s1. The van der Waals surface area contributed by atoms with Crippen LogP contribution in [0.2, 0.25) is 0 Å². The van der Waals surface area contributed by atoms with Crippen molar-refractivity contribution in [3.05, 3.63) is 46.3 Å². The van der Waals surface area contributed by atoms with Crippen LogP contribution < -0.4 is 0 Å². The number of halogens is 1. The third-order valence-corrected chi connectivity index (χ3v) is 3.45. The van der Waals surface area contributed by atoms with E-state index in [-0.39, 0.29) is 11.2 Å². The second-order valence-electron chi connectivity index (χ2n) is 3.93. The van der Waals surface area contributed by atoms with Crippen molar-refractivity contribution in [2.24, 2.45) is 11.0 Å². The van der Waals surface area contributed by atoms with Crippen LogP contribution in [0, 0.1) is 5.92 Å². The molecule has 0 amide bonds. The molecule has 0 N–H and O–H groups in total. The van der Waals surface area contributed by atoms with Gasteiger partial charge in [-0.25, -0.2) is 0 Å². The van der Waals surface area contributed by atoms with Crippen LogP contribution in [0.15, 0.2) is 35.4 Å². The third kappa shape index (κ3) is 1.66. The van der Waals surface area contributed by atoms with Gasteiger partial charge in [-0.05, 0) is 35.0 Å². The molecular formula is C11H10ClN3O. The van der Waals surface area contributed by atoms with E-state index in [0.717, 1.165) is 5.56 Å². The van der Waals surface area contributed by atoms with Gasteiger partial charge in [0, 0.05) is 11.5 Å². The minimum atomic E-state index is -0.628. The van der Waals surface area contributed by atoms with Crippen molar-refractivity contribution in [1.82, 2.24) is 0 Å². The molecule has 4 nitrogen and oxygen atoms in total. The van der Waals surface area contributed by atoms with E-state index in [1.165, 1.54) is 0 Å². The fraction of sp³-hybridized carbons (Fsp3) is 0.364. The molecule has 1 aromatic carbocycles. The van der Waals surface area contributed by atoms with Crippen LogP contribution in [-0.4, -0.2) is 11.8 Å². The highest BCUT2D eigenvalue weighted by molar-refractivity contribution is 6.66. The first-order valence-corrected chi connectivity index (χ1v) is 5.36. The van der Waals surface area contributed by atoms with Crippen molar-refractivity contribution in [2.45, 2.75) is 11.8 Å². The Morgan fingerprint density at radius 1 is 1.56 bits per heavy atom. The van der Waals surface area contributed by atoms with Crippen molar-refractivity contribution in [2.75, 3.05) is 6.54 Å². The molecule has 2 rings (SSSR count). The summed E-state index contributed by atoms with van der Waals surface area (Å²) in [6, 6.07) is 9.41. The molecule has 0 aliphatic heterocycles. The van der Waals surface area contributed by atoms with E-state index in [1.54, 1.807) is 0 Å². The molecule has 0 unspecified atom stereocenters. The van der Waals surface area contributed by atoms with E-state index in [4.69, 9.17) is 17.1 Å². The van der Waals surface area contributed by atoms with Gasteiger partial charge in [0.15, 0.2) is 0 Å². The van der Waals surface area contributed by atoms with Crippen LogP contribution in [0.3, 0.4) is 0 Å². The van der Waals surface area contributed by atoms with E-state index < -0.39 is 5.41 Å². The Morgan fingerprint density at radius 3 is 2.81 bits per heavy atom. The first-order chi connectivity index (χ1) is 7.71. The predicted octanol–water partition coefficient (Wildman–Crippen LogP) is 3.02. The van der Waals surface area contributed by atoms with Crippen LogP contribution in [0.25, 0.3) is 10.4 Å². The lowest BCUT2D eigenvalue weighted by Gasteiger charge is -2.11. The van der Waals surface area contributed by atoms with Crippen molar-refractivity contribution < 1.29 is 4.79 Å². The van der Waals surface area contributed by atoms with E-state index in [1.807, 2.05) is 30.3 Å². The number of hydrogen-bond acceptors (Lipinski definition) is 2. The van der Waals surface area contributed by atoms with E-state index in [2.05, 4.69) is 10.0 Å². The fourth-order valence-electron chi connectivity index (χ4n) is 2.13. The van der Waals surface area contributed by atoms with Crippen LogP contribution in [-0.2, 0) is 10.2 Å². The van der Waals surface area contributed by atoms with Crippen molar-refractivity contribution in [3.63, 3.8) is 0 Å². The lowest BCUT2D eigenvalue weighted by molar-refractivity contribution is -0.114. The van der Waals surface area contributed by atoms with Gasteiger partial charge < -0.3 is 0 Å². The van der Waals surface area contributed by atoms with Crippen molar-refractivity contribution >= 4 is 16.8 Å². The SMILES string of the molecule is [N-]=[N+]=NC[C@@H]1C[C@@]1(C(=O)Cl)c1ccccc1. The summed E-state index contributed by atoms with van der Waals surface area (Å²) >= 11 is 5.67. The largest absolute Gasteiger partial charge is 0.280 e. The molecule has 0 bridgehead atoms. The van der Waals surface area contributed by atoms with Crippen LogP contribution in [0.4, 0.5) is 0 Å². The zero-order valence-electron chi connectivity index (χ0n) is 8.51. The Bertz CT molecular complexity index is 456. The Morgan fingerprint density at radius 2 is 2.25 bits per heavy atom. The fourth-order valence-corrected chi connectivity index (χ4v) is 2.47. The molecule has 1 saturated carbocycles. The van der Waals surface area contributed by atoms with Gasteiger partial charge in [0.25, 0.3) is 0 Å². The number of azide groups is 1. The van der Waals surface area contributed by atoms with Crippen molar-refractivity contribution in [1.29, 1.82) is 0 Å². The molecule has 5 heteroatoms. The van der Waals surface area contributed by atoms with Gasteiger partial charge in [-0.3, -0.25) is 4.79 Å². The number of nitrogens with zero attached hydrogens (tertiary/aromatic N) is 3. The summed E-state index contributed by atoms with van der Waals surface area (Å²) in [7, 11) is 0. The quantitative estimate of drug-likeness (QED) is 0.342. The summed E-state index contributed by atoms with van der Waals surface area (Å²) in [5.41, 5.74) is 8.55. The molecule has 1 fully saturated rings. The number of rotatable bonds is 4. The molecule has 2 atom stereocenters. The van der Waals surface area contributed by atoms with E-state index >= 15 is 0 Å². The average Bonchev–Trinajstić information content (AvgIpc) is 3.03. The maximum atomic E-state index is 11.5. The number of hydrogen-bond donors (Lipinski definition) is 0. The Kier molecular flexibility index (Phi) is 2.86. The highest BCUT2D eigenvalue weighted by Gasteiger charge is 2.59. The zero-order chi connectivity index (χ0) is 11.6. The summed E-state index contributed by atoms with van der Waals surface area (Å²) in [6.45, 7) is 0.323. The molecule has 0 heterocycles. The van der Waals surface area contributed by atoms with Crippen LogP contribution >= 0.6 is 11.6 Å². The summed E-state index contributed by atoms with van der Waals surface area (Å²) in [6.07, 6.45) is 0.665. The van der Waals surface area contributed by atoms with E-state index in [9.17, 15) is 4.79 Å². The maximum Gasteiger partial charge on any atom is 0.232 e. The summed E-state index contributed by atoms with van der Waals surface area (Å²) in [5, 5.41) is 3.14. The lowest BCUT2D eigenvalue weighted by atomic mass is 9.95. The molecule has 1 aromatic rings. The number of benzene rings is 1. The molecular weight excluding hydrogens is 226 g/mol. The van der Waals surface area contributed by atoms with Gasteiger partial charge in [0.1, 0.15) is 0 Å². The monoisotopic (exact) mass is 235 g/mol. The summed E-state index contributed by atoms with van der Waals surface area (Å²) in [5.74, 6) is 0.0378. The highest BCUT2D eigenvalue weighted by atomic mass is 35.5. The smallest absolute Gasteiger partial charge is 0.232 e. The van der Waals surface area contributed by atoms with Gasteiger partial charge in [-0.2, -0.15) is 0 Å². The number of carbonyl (C=O) groups excluding carboxylic acids is 1. The van der Waals surface area contributed by atoms with E-state index in [0.29, 0.717) is 13.0 Å². The Hall–Kier alpha value is -1.51. The van der Waals surface area contributed by atoms with Crippen molar-refractivity contribution in [3.8, 4) is 0 Å². The van der Waals surface area contributed by atoms with Crippen LogP contribution in [0.5, 0.6) is 0 Å². The van der Waals surface area contributed by atoms with Gasteiger partial charge in [0.2, 0.25) is 5.24 Å². The molecule has 1 aliphatic rings. The third-order valence-electron chi connectivity index (χ3n) is 3.11. The summed E-state index contributed by atoms with van der Waals surface area (Å²) < 4.78 is 0. The Balaban J connectivity index is 2.27. The first kappa shape index (κ1) is 11.0. The average molecular weight is 236 g/mol. The molecule has 0 aromatic heterocycles. The first-order valence-electron chi connectivity index (χ1n) is 4.98. The lowest BCUT2D eigenvalue weighted by Crippen LogP contribution is -2.19. The van der Waals surface area contributed by atoms with Gasteiger partial charge in [-0.15, -0.1) is 0 Å². The molecule has 16 heavy (non-hydrogen) atoms. The molecule has 1 aliphatic carbocycles. The summed E-state index contributed by atoms with van der Waals surface area (Å²) in [4.78, 5) is 14.2. The zero-order valence-corrected chi connectivity index (χ0v) is 9.26. The van der Waals surface area contributed by atoms with Gasteiger partial charge in [0.05, 0.1) is 5.41 Å². The molecule has 0 saturated heterocycles. The maximum absolute atomic E-state index is 11.5. The number of carbonyl (C=O) groups is 1. The topological polar surface area (TPSA) is 65.8 Å². The minimum Gasteiger partial charge on any atom is -0.280 e. The second-order valence-corrected chi connectivity index (χ2v) is 4.27. The molecule has 0 radical (unpaired) electrons.